The lowest BCUT2D eigenvalue weighted by Crippen LogP contribution is -2.44. The summed E-state index contributed by atoms with van der Waals surface area (Å²) in [5.41, 5.74) is 2.99. The molecule has 1 aliphatic heterocycles. The number of pyridine rings is 1. The summed E-state index contributed by atoms with van der Waals surface area (Å²) in [5, 5.41) is 0. The molecule has 23 heavy (non-hydrogen) atoms. The predicted octanol–water partition coefficient (Wildman–Crippen LogP) is 1.93. The van der Waals surface area contributed by atoms with E-state index in [9.17, 15) is 13.2 Å². The lowest BCUT2D eigenvalue weighted by atomic mass is 9.98. The van der Waals surface area contributed by atoms with Gasteiger partial charge in [0.2, 0.25) is 0 Å². The molecule has 5 nitrogen and oxygen atoms in total. The number of rotatable bonds is 2. The third-order valence-electron chi connectivity index (χ3n) is 4.07. The Bertz CT molecular complexity index is 818. The number of nitrogens with zero attached hydrogens (tertiary/aromatic N) is 2. The molecule has 0 saturated carbocycles. The second-order valence-corrected chi connectivity index (χ2v) is 7.93. The summed E-state index contributed by atoms with van der Waals surface area (Å²) in [4.78, 5) is 18.8. The average Bonchev–Trinajstić information content (AvgIpc) is 2.55. The standard InChI is InChI=1S/C17H18N2O3S/c1-13-16(17(20)19-9-11-23(21,22)12-10-19)15(7-8-18-13)14-5-3-2-4-6-14/h2-8H,9-12H2,1H3. The van der Waals surface area contributed by atoms with Crippen LogP contribution in [0.1, 0.15) is 16.1 Å². The lowest BCUT2D eigenvalue weighted by molar-refractivity contribution is 0.0770. The smallest absolute Gasteiger partial charge is 0.256 e. The first kappa shape index (κ1) is 15.7. The Morgan fingerprint density at radius 1 is 1.09 bits per heavy atom. The maximum absolute atomic E-state index is 12.9. The molecule has 0 radical (unpaired) electrons. The van der Waals surface area contributed by atoms with Crippen molar-refractivity contribution >= 4 is 15.7 Å². The molecule has 0 unspecified atom stereocenters. The molecule has 6 heteroatoms. The van der Waals surface area contributed by atoms with Gasteiger partial charge < -0.3 is 4.90 Å². The largest absolute Gasteiger partial charge is 0.337 e. The molecule has 0 atom stereocenters. The van der Waals surface area contributed by atoms with E-state index in [-0.39, 0.29) is 30.5 Å². The van der Waals surface area contributed by atoms with E-state index in [0.29, 0.717) is 11.3 Å². The Hall–Kier alpha value is -2.21. The number of hydrogen-bond donors (Lipinski definition) is 0. The van der Waals surface area contributed by atoms with Crippen LogP contribution in [0.2, 0.25) is 0 Å². The van der Waals surface area contributed by atoms with Gasteiger partial charge in [-0.3, -0.25) is 9.78 Å². The maximum Gasteiger partial charge on any atom is 0.256 e. The van der Waals surface area contributed by atoms with E-state index >= 15 is 0 Å². The first-order valence-corrected chi connectivity index (χ1v) is 9.31. The van der Waals surface area contributed by atoms with Crippen LogP contribution in [-0.4, -0.2) is 48.8 Å². The summed E-state index contributed by atoms with van der Waals surface area (Å²) in [5.74, 6) is -0.0957. The predicted molar refractivity (Wildman–Crippen MR) is 89.0 cm³/mol. The minimum atomic E-state index is -3.01. The van der Waals surface area contributed by atoms with Gasteiger partial charge in [-0.2, -0.15) is 0 Å². The highest BCUT2D eigenvalue weighted by atomic mass is 32.2. The number of benzene rings is 1. The Kier molecular flexibility index (Phi) is 4.17. The number of amides is 1. The molecule has 2 heterocycles. The van der Waals surface area contributed by atoms with Crippen molar-refractivity contribution in [1.29, 1.82) is 0 Å². The molecule has 1 aliphatic rings. The fraction of sp³-hybridized carbons (Fsp3) is 0.294. The van der Waals surface area contributed by atoms with Crippen LogP contribution in [0.15, 0.2) is 42.6 Å². The third kappa shape index (κ3) is 3.27. The van der Waals surface area contributed by atoms with Crippen molar-refractivity contribution in [1.82, 2.24) is 9.88 Å². The number of sulfone groups is 1. The molecule has 0 N–H and O–H groups in total. The molecule has 1 aromatic carbocycles. The maximum atomic E-state index is 12.9. The summed E-state index contributed by atoms with van der Waals surface area (Å²) in [6.07, 6.45) is 1.69. The van der Waals surface area contributed by atoms with Crippen LogP contribution < -0.4 is 0 Å². The minimum absolute atomic E-state index is 0.0265. The molecule has 1 saturated heterocycles. The number of carbonyl (C=O) groups excluding carboxylic acids is 1. The van der Waals surface area contributed by atoms with Crippen molar-refractivity contribution in [3.63, 3.8) is 0 Å². The zero-order valence-corrected chi connectivity index (χ0v) is 13.7. The van der Waals surface area contributed by atoms with Crippen LogP contribution in [0, 0.1) is 6.92 Å². The molecule has 2 aromatic rings. The molecule has 3 rings (SSSR count). The highest BCUT2D eigenvalue weighted by Gasteiger charge is 2.28. The van der Waals surface area contributed by atoms with Crippen molar-refractivity contribution in [2.45, 2.75) is 6.92 Å². The lowest BCUT2D eigenvalue weighted by Gasteiger charge is -2.28. The number of carbonyl (C=O) groups is 1. The minimum Gasteiger partial charge on any atom is -0.337 e. The van der Waals surface area contributed by atoms with Gasteiger partial charge in [0, 0.05) is 19.3 Å². The second-order valence-electron chi connectivity index (χ2n) is 5.63. The van der Waals surface area contributed by atoms with E-state index in [1.165, 1.54) is 0 Å². The Morgan fingerprint density at radius 3 is 2.39 bits per heavy atom. The molecular weight excluding hydrogens is 312 g/mol. The summed E-state index contributed by atoms with van der Waals surface area (Å²) < 4.78 is 23.1. The van der Waals surface area contributed by atoms with E-state index in [0.717, 1.165) is 11.1 Å². The van der Waals surface area contributed by atoms with Gasteiger partial charge in [-0.1, -0.05) is 30.3 Å². The van der Waals surface area contributed by atoms with Crippen molar-refractivity contribution in [3.8, 4) is 11.1 Å². The fourth-order valence-electron chi connectivity index (χ4n) is 2.77. The molecule has 120 valence electrons. The molecule has 0 bridgehead atoms. The highest BCUT2D eigenvalue weighted by Crippen LogP contribution is 2.26. The summed E-state index contributed by atoms with van der Waals surface area (Å²) in [6, 6.07) is 11.5. The van der Waals surface area contributed by atoms with E-state index in [2.05, 4.69) is 4.98 Å². The van der Waals surface area contributed by atoms with E-state index < -0.39 is 9.84 Å². The first-order valence-electron chi connectivity index (χ1n) is 7.49. The van der Waals surface area contributed by atoms with Crippen molar-refractivity contribution < 1.29 is 13.2 Å². The average molecular weight is 330 g/mol. The second kappa shape index (κ2) is 6.12. The normalized spacial score (nSPS) is 17.0. The molecule has 1 amide bonds. The van der Waals surface area contributed by atoms with Gasteiger partial charge in [0.15, 0.2) is 9.84 Å². The van der Waals surface area contributed by atoms with Crippen LogP contribution in [0.5, 0.6) is 0 Å². The Labute approximate surface area is 135 Å². The zero-order valence-electron chi connectivity index (χ0n) is 12.9. The van der Waals surface area contributed by atoms with Crippen LogP contribution in [-0.2, 0) is 9.84 Å². The van der Waals surface area contributed by atoms with Gasteiger partial charge >= 0.3 is 0 Å². The zero-order chi connectivity index (χ0) is 16.4. The Morgan fingerprint density at radius 2 is 1.74 bits per heavy atom. The van der Waals surface area contributed by atoms with E-state index in [1.807, 2.05) is 36.4 Å². The monoisotopic (exact) mass is 330 g/mol. The van der Waals surface area contributed by atoms with Gasteiger partial charge in [-0.15, -0.1) is 0 Å². The van der Waals surface area contributed by atoms with Gasteiger partial charge in [0.05, 0.1) is 22.8 Å². The molecule has 1 aromatic heterocycles. The third-order valence-corrected chi connectivity index (χ3v) is 5.68. The Balaban J connectivity index is 1.98. The SMILES string of the molecule is Cc1nccc(-c2ccccc2)c1C(=O)N1CCS(=O)(=O)CC1. The number of hydrogen-bond acceptors (Lipinski definition) is 4. The highest BCUT2D eigenvalue weighted by molar-refractivity contribution is 7.91. The number of aryl methyl sites for hydroxylation is 1. The van der Waals surface area contributed by atoms with E-state index in [4.69, 9.17) is 0 Å². The topological polar surface area (TPSA) is 67.3 Å². The van der Waals surface area contributed by atoms with Gasteiger partial charge in [-0.25, -0.2) is 8.42 Å². The van der Waals surface area contributed by atoms with Crippen LogP contribution in [0.4, 0.5) is 0 Å². The van der Waals surface area contributed by atoms with Gasteiger partial charge in [-0.05, 0) is 24.1 Å². The van der Waals surface area contributed by atoms with Crippen LogP contribution in [0.3, 0.4) is 0 Å². The van der Waals surface area contributed by atoms with Gasteiger partial charge in [0.1, 0.15) is 0 Å². The van der Waals surface area contributed by atoms with Crippen molar-refractivity contribution in [2.75, 3.05) is 24.6 Å². The molecule has 0 aliphatic carbocycles. The number of aromatic nitrogens is 1. The molecular formula is C17H18N2O3S. The summed E-state index contributed by atoms with van der Waals surface area (Å²) in [6.45, 7) is 2.29. The first-order chi connectivity index (χ1) is 11.0. The molecule has 1 fully saturated rings. The molecule has 0 spiro atoms. The van der Waals surface area contributed by atoms with Gasteiger partial charge in [0.25, 0.3) is 5.91 Å². The summed E-state index contributed by atoms with van der Waals surface area (Å²) >= 11 is 0. The van der Waals surface area contributed by atoms with Crippen LogP contribution >= 0.6 is 0 Å². The fourth-order valence-corrected chi connectivity index (χ4v) is 3.97. The quantitative estimate of drug-likeness (QED) is 0.844. The van der Waals surface area contributed by atoms with Crippen molar-refractivity contribution in [3.05, 3.63) is 53.9 Å². The van der Waals surface area contributed by atoms with Crippen molar-refractivity contribution in [2.24, 2.45) is 0 Å². The van der Waals surface area contributed by atoms with Crippen LogP contribution in [0.25, 0.3) is 11.1 Å². The van der Waals surface area contributed by atoms with E-state index in [1.54, 1.807) is 18.0 Å². The summed E-state index contributed by atoms with van der Waals surface area (Å²) in [7, 11) is -3.01.